The van der Waals surface area contributed by atoms with Crippen molar-refractivity contribution in [1.82, 2.24) is 4.90 Å². The average Bonchev–Trinajstić information content (AvgIpc) is 2.40. The third-order valence-electron chi connectivity index (χ3n) is 5.76. The first-order valence-corrected chi connectivity index (χ1v) is 7.26. The van der Waals surface area contributed by atoms with Crippen molar-refractivity contribution in [3.05, 3.63) is 0 Å². The molecule has 3 saturated heterocycles. The van der Waals surface area contributed by atoms with E-state index >= 15 is 0 Å². The molecule has 1 saturated carbocycles. The van der Waals surface area contributed by atoms with E-state index in [0.717, 1.165) is 32.2 Å². The van der Waals surface area contributed by atoms with Crippen LogP contribution in [-0.2, 0) is 0 Å². The van der Waals surface area contributed by atoms with Crippen molar-refractivity contribution in [2.75, 3.05) is 26.2 Å². The second kappa shape index (κ2) is 4.22. The minimum absolute atomic E-state index is 0.171. The standard InChI is InChI=1S/C14H25NO2/c16-11-13(14(17)6-2-1-3-7-14)10-15-8-4-12(13)5-9-15/h12,16-17H,1-11H2. The summed E-state index contributed by atoms with van der Waals surface area (Å²) in [5, 5.41) is 21.1. The van der Waals surface area contributed by atoms with Crippen molar-refractivity contribution < 1.29 is 10.2 Å². The molecule has 4 rings (SSSR count). The van der Waals surface area contributed by atoms with Crippen LogP contribution in [0.3, 0.4) is 0 Å². The molecule has 4 fully saturated rings. The molecule has 0 radical (unpaired) electrons. The smallest absolute Gasteiger partial charge is 0.0740 e. The van der Waals surface area contributed by atoms with E-state index in [1.165, 1.54) is 32.4 Å². The van der Waals surface area contributed by atoms with Crippen LogP contribution in [-0.4, -0.2) is 47.0 Å². The van der Waals surface area contributed by atoms with Crippen LogP contribution >= 0.6 is 0 Å². The monoisotopic (exact) mass is 239 g/mol. The number of nitrogens with zero attached hydrogens (tertiary/aromatic N) is 1. The van der Waals surface area contributed by atoms with Crippen LogP contribution in [0.1, 0.15) is 44.9 Å². The fraction of sp³-hybridized carbons (Fsp3) is 1.00. The van der Waals surface area contributed by atoms with Gasteiger partial charge in [-0.05, 0) is 44.7 Å². The van der Waals surface area contributed by atoms with Crippen LogP contribution in [0.4, 0.5) is 0 Å². The van der Waals surface area contributed by atoms with Gasteiger partial charge in [0, 0.05) is 12.0 Å². The second-order valence-corrected chi connectivity index (χ2v) is 6.46. The summed E-state index contributed by atoms with van der Waals surface area (Å²) in [4.78, 5) is 2.45. The topological polar surface area (TPSA) is 43.7 Å². The molecule has 0 aromatic heterocycles. The van der Waals surface area contributed by atoms with Crippen LogP contribution in [0.5, 0.6) is 0 Å². The Morgan fingerprint density at radius 1 is 1.06 bits per heavy atom. The van der Waals surface area contributed by atoms with Crippen molar-refractivity contribution in [1.29, 1.82) is 0 Å². The molecule has 3 aliphatic heterocycles. The third kappa shape index (κ3) is 1.66. The largest absolute Gasteiger partial charge is 0.396 e. The summed E-state index contributed by atoms with van der Waals surface area (Å²) in [7, 11) is 0. The molecule has 4 aliphatic rings. The van der Waals surface area contributed by atoms with Gasteiger partial charge in [0.25, 0.3) is 0 Å². The van der Waals surface area contributed by atoms with Gasteiger partial charge in [0.1, 0.15) is 0 Å². The molecule has 1 atom stereocenters. The SMILES string of the molecule is OCC1(C2(O)CCCCC2)CN2CCC1CC2. The molecule has 0 aromatic rings. The van der Waals surface area contributed by atoms with E-state index in [1.807, 2.05) is 0 Å². The molecular formula is C14H25NO2. The van der Waals surface area contributed by atoms with Crippen molar-refractivity contribution >= 4 is 0 Å². The lowest BCUT2D eigenvalue weighted by Gasteiger charge is -2.60. The van der Waals surface area contributed by atoms with E-state index in [4.69, 9.17) is 0 Å². The van der Waals surface area contributed by atoms with Crippen molar-refractivity contribution in [2.24, 2.45) is 11.3 Å². The third-order valence-corrected chi connectivity index (χ3v) is 5.76. The summed E-state index contributed by atoms with van der Waals surface area (Å²) >= 11 is 0. The summed E-state index contributed by atoms with van der Waals surface area (Å²) in [6.07, 6.45) is 7.65. The number of hydrogen-bond acceptors (Lipinski definition) is 3. The molecule has 2 bridgehead atoms. The molecule has 3 heterocycles. The molecule has 17 heavy (non-hydrogen) atoms. The van der Waals surface area contributed by atoms with Gasteiger partial charge in [0.05, 0.1) is 12.2 Å². The van der Waals surface area contributed by atoms with Crippen LogP contribution in [0.15, 0.2) is 0 Å². The summed E-state index contributed by atoms with van der Waals surface area (Å²) in [6.45, 7) is 3.43. The molecule has 98 valence electrons. The van der Waals surface area contributed by atoms with Crippen molar-refractivity contribution in [2.45, 2.75) is 50.5 Å². The molecule has 1 unspecified atom stereocenters. The van der Waals surface area contributed by atoms with Gasteiger partial charge in [-0.2, -0.15) is 0 Å². The Kier molecular flexibility index (Phi) is 2.96. The van der Waals surface area contributed by atoms with Gasteiger partial charge in [0.2, 0.25) is 0 Å². The Balaban J connectivity index is 1.90. The van der Waals surface area contributed by atoms with Gasteiger partial charge in [-0.1, -0.05) is 19.3 Å². The molecule has 0 amide bonds. The Labute approximate surface area is 104 Å². The van der Waals surface area contributed by atoms with E-state index < -0.39 is 5.60 Å². The molecule has 3 nitrogen and oxygen atoms in total. The van der Waals surface area contributed by atoms with E-state index in [1.54, 1.807) is 0 Å². The van der Waals surface area contributed by atoms with Gasteiger partial charge in [-0.15, -0.1) is 0 Å². The zero-order chi connectivity index (χ0) is 11.9. The van der Waals surface area contributed by atoms with Crippen molar-refractivity contribution in [3.63, 3.8) is 0 Å². The van der Waals surface area contributed by atoms with Gasteiger partial charge >= 0.3 is 0 Å². The number of hydrogen-bond donors (Lipinski definition) is 2. The highest BCUT2D eigenvalue weighted by atomic mass is 16.3. The Bertz CT molecular complexity index is 280. The second-order valence-electron chi connectivity index (χ2n) is 6.46. The number of rotatable bonds is 2. The van der Waals surface area contributed by atoms with Crippen LogP contribution < -0.4 is 0 Å². The molecule has 3 heteroatoms. The van der Waals surface area contributed by atoms with Crippen LogP contribution in [0.2, 0.25) is 0 Å². The van der Waals surface area contributed by atoms with Gasteiger partial charge < -0.3 is 15.1 Å². The maximum atomic E-state index is 11.1. The van der Waals surface area contributed by atoms with Crippen LogP contribution in [0.25, 0.3) is 0 Å². The summed E-state index contributed by atoms with van der Waals surface area (Å²) < 4.78 is 0. The quantitative estimate of drug-likeness (QED) is 0.765. The van der Waals surface area contributed by atoms with Gasteiger partial charge in [0.15, 0.2) is 0 Å². The summed E-state index contributed by atoms with van der Waals surface area (Å²) in [6, 6.07) is 0. The summed E-state index contributed by atoms with van der Waals surface area (Å²) in [5.74, 6) is 0.542. The zero-order valence-corrected chi connectivity index (χ0v) is 10.7. The Hall–Kier alpha value is -0.120. The average molecular weight is 239 g/mol. The predicted molar refractivity (Wildman–Crippen MR) is 66.7 cm³/mol. The van der Waals surface area contributed by atoms with E-state index in [0.29, 0.717) is 5.92 Å². The fourth-order valence-corrected chi connectivity index (χ4v) is 4.66. The summed E-state index contributed by atoms with van der Waals surface area (Å²) in [5.41, 5.74) is -0.812. The van der Waals surface area contributed by atoms with Gasteiger partial charge in [-0.3, -0.25) is 0 Å². The lowest BCUT2D eigenvalue weighted by molar-refractivity contribution is -0.201. The van der Waals surface area contributed by atoms with Gasteiger partial charge in [-0.25, -0.2) is 0 Å². The van der Waals surface area contributed by atoms with E-state index in [-0.39, 0.29) is 12.0 Å². The van der Waals surface area contributed by atoms with E-state index in [2.05, 4.69) is 4.90 Å². The number of fused-ring (bicyclic) bond motifs is 3. The molecule has 2 N–H and O–H groups in total. The first-order chi connectivity index (χ1) is 8.20. The molecular weight excluding hydrogens is 214 g/mol. The Morgan fingerprint density at radius 2 is 1.71 bits per heavy atom. The highest BCUT2D eigenvalue weighted by Crippen LogP contribution is 2.53. The minimum Gasteiger partial charge on any atom is -0.396 e. The normalized spacial score (nSPS) is 44.8. The van der Waals surface area contributed by atoms with Crippen molar-refractivity contribution in [3.8, 4) is 0 Å². The Morgan fingerprint density at radius 3 is 2.18 bits per heavy atom. The molecule has 1 aliphatic carbocycles. The minimum atomic E-state index is -0.593. The maximum absolute atomic E-state index is 11.1. The lowest BCUT2D eigenvalue weighted by Crippen LogP contribution is -2.66. The first kappa shape index (κ1) is 11.9. The number of aliphatic hydroxyl groups is 2. The number of piperidine rings is 3. The van der Waals surface area contributed by atoms with E-state index in [9.17, 15) is 10.2 Å². The molecule has 0 spiro atoms. The predicted octanol–water partition coefficient (Wildman–Crippen LogP) is 1.39. The fourth-order valence-electron chi connectivity index (χ4n) is 4.66. The first-order valence-electron chi connectivity index (χ1n) is 7.26. The zero-order valence-electron chi connectivity index (χ0n) is 10.7. The van der Waals surface area contributed by atoms with Crippen LogP contribution in [0, 0.1) is 11.3 Å². The highest BCUT2D eigenvalue weighted by molar-refractivity contribution is 5.09. The maximum Gasteiger partial charge on any atom is 0.0740 e. The highest BCUT2D eigenvalue weighted by Gasteiger charge is 2.58. The molecule has 0 aromatic carbocycles. The lowest BCUT2D eigenvalue weighted by atomic mass is 9.55. The number of aliphatic hydroxyl groups excluding tert-OH is 1.